The van der Waals surface area contributed by atoms with Crippen molar-refractivity contribution in [3.63, 3.8) is 0 Å². The smallest absolute Gasteiger partial charge is 0.217 e. The van der Waals surface area contributed by atoms with Gasteiger partial charge in [0.05, 0.1) is 39.1 Å². The van der Waals surface area contributed by atoms with Crippen molar-refractivity contribution in [3.05, 3.63) is 0 Å². The fourth-order valence-corrected chi connectivity index (χ4v) is 9.13. The number of aliphatic hydroxyl groups is 17. The zero-order chi connectivity index (χ0) is 52.3. The van der Waals surface area contributed by atoms with Crippen molar-refractivity contribution in [2.45, 2.75) is 205 Å². The van der Waals surface area contributed by atoms with Crippen molar-refractivity contribution in [2.24, 2.45) is 0 Å². The number of hydrogen-bond donors (Lipinski definition) is 18. The summed E-state index contributed by atoms with van der Waals surface area (Å²) in [4.78, 5) is 12.8. The third-order valence-electron chi connectivity index (χ3n) is 13.1. The summed E-state index contributed by atoms with van der Waals surface area (Å²) in [5, 5.41) is 185. The molecule has 1 amide bonds. The highest BCUT2D eigenvalue weighted by molar-refractivity contribution is 5.73. The van der Waals surface area contributed by atoms with E-state index in [1.807, 2.05) is 0 Å². The van der Waals surface area contributed by atoms with Crippen LogP contribution in [0.25, 0.3) is 0 Å². The maximum atomic E-state index is 12.8. The van der Waals surface area contributed by atoms with E-state index in [0.717, 1.165) is 6.92 Å². The van der Waals surface area contributed by atoms with Gasteiger partial charge in [-0.3, -0.25) is 4.79 Å². The quantitative estimate of drug-likeness (QED) is 0.0606. The molecule has 6 aliphatic heterocycles. The molecule has 71 heavy (non-hydrogen) atoms. The molecule has 0 aromatic heterocycles. The summed E-state index contributed by atoms with van der Waals surface area (Å²) in [6.07, 6.45) is -52.9. The van der Waals surface area contributed by atoms with Crippen molar-refractivity contribution >= 4 is 5.91 Å². The van der Waals surface area contributed by atoms with Crippen LogP contribution in [0, 0.1) is 0 Å². The lowest BCUT2D eigenvalue weighted by Gasteiger charge is -2.51. The third-order valence-corrected chi connectivity index (χ3v) is 13.1. The fraction of sp³-hybridized carbons (Fsp3) is 0.975. The minimum atomic E-state index is -2.20. The summed E-state index contributed by atoms with van der Waals surface area (Å²) in [7, 11) is 0. The number of nitrogens with one attached hydrogen (secondary N) is 1. The van der Waals surface area contributed by atoms with Crippen LogP contribution in [-0.4, -0.2) is 317 Å². The van der Waals surface area contributed by atoms with Gasteiger partial charge in [-0.05, 0) is 13.8 Å². The van der Waals surface area contributed by atoms with Gasteiger partial charge in [-0.2, -0.15) is 0 Å². The first-order chi connectivity index (χ1) is 33.7. The topological polar surface area (TPSA) is 484 Å². The molecule has 31 heteroatoms. The van der Waals surface area contributed by atoms with E-state index < -0.39 is 223 Å². The summed E-state index contributed by atoms with van der Waals surface area (Å²) in [6, 6.07) is -1.78. The molecule has 31 nitrogen and oxygen atoms in total. The second-order valence-electron chi connectivity index (χ2n) is 17.9. The Bertz CT molecular complexity index is 1640. The van der Waals surface area contributed by atoms with Crippen LogP contribution in [0.2, 0.25) is 0 Å². The van der Waals surface area contributed by atoms with Crippen molar-refractivity contribution in [1.82, 2.24) is 5.32 Å². The predicted octanol–water partition coefficient (Wildman–Crippen LogP) is -11.9. The number of hydrogen-bond acceptors (Lipinski definition) is 30. The molecule has 0 bridgehead atoms. The zero-order valence-electron chi connectivity index (χ0n) is 38.5. The minimum absolute atomic E-state index is 0.0558. The lowest BCUT2D eigenvalue weighted by atomic mass is 9.94. The van der Waals surface area contributed by atoms with Gasteiger partial charge < -0.3 is 149 Å². The molecule has 414 valence electrons. The molecule has 0 aromatic rings. The molecule has 0 aliphatic carbocycles. The summed E-state index contributed by atoms with van der Waals surface area (Å²) in [5.74, 6) is -0.857. The average Bonchev–Trinajstić information content (AvgIpc) is 3.34. The van der Waals surface area contributed by atoms with Gasteiger partial charge in [-0.1, -0.05) is 0 Å². The van der Waals surface area contributed by atoms with Gasteiger partial charge in [0.2, 0.25) is 5.91 Å². The monoisotopic (exact) mass is 1040 g/mol. The average molecular weight is 1040 g/mol. The van der Waals surface area contributed by atoms with Crippen LogP contribution in [0.15, 0.2) is 0 Å². The van der Waals surface area contributed by atoms with Gasteiger partial charge in [0.1, 0.15) is 140 Å². The first-order valence-electron chi connectivity index (χ1n) is 23.0. The number of ether oxygens (including phenoxy) is 12. The van der Waals surface area contributed by atoms with E-state index >= 15 is 0 Å². The van der Waals surface area contributed by atoms with Crippen LogP contribution < -0.4 is 5.32 Å². The zero-order valence-corrected chi connectivity index (χ0v) is 38.5. The maximum Gasteiger partial charge on any atom is 0.217 e. The molecule has 0 aromatic carbocycles. The summed E-state index contributed by atoms with van der Waals surface area (Å²) >= 11 is 0. The van der Waals surface area contributed by atoms with Gasteiger partial charge in [0.15, 0.2) is 37.7 Å². The Hall–Kier alpha value is -1.69. The van der Waals surface area contributed by atoms with Crippen LogP contribution in [0.3, 0.4) is 0 Å². The van der Waals surface area contributed by atoms with E-state index in [1.165, 1.54) is 6.92 Å². The molecule has 6 saturated heterocycles. The summed E-state index contributed by atoms with van der Waals surface area (Å²) in [5.41, 5.74) is 0. The van der Waals surface area contributed by atoms with Crippen LogP contribution in [0.5, 0.6) is 0 Å². The molecule has 0 radical (unpaired) electrons. The molecule has 6 rings (SSSR count). The van der Waals surface area contributed by atoms with Crippen LogP contribution in [0.1, 0.15) is 20.8 Å². The van der Waals surface area contributed by atoms with Crippen molar-refractivity contribution in [3.8, 4) is 0 Å². The van der Waals surface area contributed by atoms with Crippen molar-refractivity contribution < 1.29 is 148 Å². The van der Waals surface area contributed by atoms with Gasteiger partial charge in [0, 0.05) is 13.5 Å². The first kappa shape index (κ1) is 58.6. The second-order valence-corrected chi connectivity index (χ2v) is 17.9. The Kier molecular flexibility index (Phi) is 21.0. The Morgan fingerprint density at radius 3 is 1.31 bits per heavy atom. The van der Waals surface area contributed by atoms with E-state index in [9.17, 15) is 91.6 Å². The van der Waals surface area contributed by atoms with Crippen LogP contribution in [0.4, 0.5) is 0 Å². The van der Waals surface area contributed by atoms with Crippen molar-refractivity contribution in [1.29, 1.82) is 0 Å². The van der Waals surface area contributed by atoms with Gasteiger partial charge in [-0.15, -0.1) is 0 Å². The van der Waals surface area contributed by atoms with E-state index in [4.69, 9.17) is 56.8 Å². The van der Waals surface area contributed by atoms with Crippen LogP contribution in [-0.2, 0) is 61.6 Å². The lowest BCUT2D eigenvalue weighted by Crippen LogP contribution is -2.70. The second kappa shape index (κ2) is 25.4. The highest BCUT2D eigenvalue weighted by atomic mass is 16.8. The number of rotatable bonds is 18. The molecule has 30 atom stereocenters. The number of carbonyl (C=O) groups is 1. The summed E-state index contributed by atoms with van der Waals surface area (Å²) < 4.78 is 68.5. The first-order valence-corrected chi connectivity index (χ1v) is 23.0. The van der Waals surface area contributed by atoms with Crippen molar-refractivity contribution in [2.75, 3.05) is 39.6 Å². The largest absolute Gasteiger partial charge is 0.394 e. The molecule has 6 aliphatic rings. The van der Waals surface area contributed by atoms with Gasteiger partial charge >= 0.3 is 0 Å². The Labute approximate surface area is 404 Å². The molecule has 6 fully saturated rings. The minimum Gasteiger partial charge on any atom is -0.394 e. The number of amides is 1. The van der Waals surface area contributed by atoms with Crippen LogP contribution >= 0.6 is 0 Å². The van der Waals surface area contributed by atoms with E-state index in [0.29, 0.717) is 0 Å². The Morgan fingerprint density at radius 1 is 0.394 bits per heavy atom. The maximum absolute atomic E-state index is 12.8. The Balaban J connectivity index is 1.23. The predicted molar refractivity (Wildman–Crippen MR) is 219 cm³/mol. The SMILES string of the molecule is CCO[C@@H]1OC(CO)[C@@H](O[C@@H]2OC(CO)[C@H](O[C@H]3OC(CO)[C@H](O)[C@H](O[C@@H]4OC(CO)[C@H](O)C(O[C@@H]5OC(CO)[C@H](O)C(O)[C@@H]5O[C@@H]5OC(C)[C@@H](O)[C@H](O)C5O)[C@@H]4NC(C)=O)C3O)C(O)C2O)C(O)[C@@H]1O. The Morgan fingerprint density at radius 2 is 0.775 bits per heavy atom. The standard InChI is InChI=1S/C40H69NO30/c1-4-60-36-27(57)24(54)30(15(8-45)65-36)67-38-28(58)25(55)31(16(9-46)66-38)68-39-29(59)33(21(51)14(7-44)63-39)70-35-17(41-11(3)47)32(20(50)13(6-43)62-35)69-40-34(23(53)19(49)12(5-42)64-40)71-37-26(56)22(52)18(48)10(2)61-37/h10,12-40,42-46,48-59H,4-9H2,1-3H3,(H,41,47)/t10?,12?,13?,14?,15?,16?,17-,18+,19-,20-,21-,22-,23?,24?,25?,26?,27-,28?,29?,30+,31-,32?,33-,34-,35-,36+,37-,38-,39+,40-/m0/s1. The van der Waals surface area contributed by atoms with E-state index in [2.05, 4.69) is 5.32 Å². The molecule has 18 N–H and O–H groups in total. The highest BCUT2D eigenvalue weighted by Gasteiger charge is 2.58. The molecule has 6 heterocycles. The lowest BCUT2D eigenvalue weighted by molar-refractivity contribution is -0.393. The normalized spacial score (nSPS) is 50.9. The molecule has 13 unspecified atom stereocenters. The van der Waals surface area contributed by atoms with E-state index in [1.54, 1.807) is 6.92 Å². The molecule has 0 saturated carbocycles. The highest BCUT2D eigenvalue weighted by Crippen LogP contribution is 2.37. The third kappa shape index (κ3) is 12.5. The fourth-order valence-electron chi connectivity index (χ4n) is 9.13. The van der Waals surface area contributed by atoms with Gasteiger partial charge in [-0.25, -0.2) is 0 Å². The van der Waals surface area contributed by atoms with Gasteiger partial charge in [0.25, 0.3) is 0 Å². The number of carbonyl (C=O) groups excluding carboxylic acids is 1. The summed E-state index contributed by atoms with van der Waals surface area (Å²) in [6.45, 7) is -0.770. The molecule has 0 spiro atoms. The molecular weight excluding hydrogens is 974 g/mol. The van der Waals surface area contributed by atoms with E-state index in [-0.39, 0.29) is 6.61 Å². The number of aliphatic hydroxyl groups excluding tert-OH is 17. The molecular formula is C40H69NO30.